The van der Waals surface area contributed by atoms with Crippen LogP contribution in [0.5, 0.6) is 11.5 Å². The van der Waals surface area contributed by atoms with E-state index >= 15 is 0 Å². The number of nitrogens with zero attached hydrogens (tertiary/aromatic N) is 1. The third-order valence-corrected chi connectivity index (χ3v) is 3.94. The Balaban J connectivity index is 0.00000420. The molecule has 8 heteroatoms. The van der Waals surface area contributed by atoms with Gasteiger partial charge in [-0.25, -0.2) is 0 Å². The van der Waals surface area contributed by atoms with Gasteiger partial charge in [0, 0.05) is 25.3 Å². The lowest BCUT2D eigenvalue weighted by Crippen LogP contribution is -2.40. The minimum Gasteiger partial charge on any atom is -0.493 e. The molecule has 2 aromatic carbocycles. The van der Waals surface area contributed by atoms with Gasteiger partial charge in [0.1, 0.15) is 0 Å². The molecule has 0 radical (unpaired) electrons. The zero-order valence-electron chi connectivity index (χ0n) is 17.0. The first kappa shape index (κ1) is 24.5. The van der Waals surface area contributed by atoms with Gasteiger partial charge < -0.3 is 25.4 Å². The van der Waals surface area contributed by atoms with Crippen molar-refractivity contribution in [2.45, 2.75) is 13.3 Å². The summed E-state index contributed by atoms with van der Waals surface area (Å²) < 4.78 is 10.9. The van der Waals surface area contributed by atoms with Crippen molar-refractivity contribution >= 4 is 41.5 Å². The van der Waals surface area contributed by atoms with Gasteiger partial charge in [0.15, 0.2) is 17.5 Å². The van der Waals surface area contributed by atoms with Gasteiger partial charge in [-0.2, -0.15) is 0 Å². The maximum Gasteiger partial charge on any atom is 0.239 e. The van der Waals surface area contributed by atoms with Crippen LogP contribution in [0.4, 0.5) is 5.69 Å². The summed E-state index contributed by atoms with van der Waals surface area (Å²) in [6.07, 6.45) is 0.797. The van der Waals surface area contributed by atoms with Crippen molar-refractivity contribution < 1.29 is 14.3 Å². The number of aliphatic imine (C=N–C) groups is 1. The number of ether oxygens (including phenoxy) is 2. The molecule has 0 saturated heterocycles. The predicted molar refractivity (Wildman–Crippen MR) is 128 cm³/mol. The van der Waals surface area contributed by atoms with Gasteiger partial charge in [0.25, 0.3) is 0 Å². The fourth-order valence-electron chi connectivity index (χ4n) is 2.56. The van der Waals surface area contributed by atoms with Crippen molar-refractivity contribution in [3.63, 3.8) is 0 Å². The fourth-order valence-corrected chi connectivity index (χ4v) is 2.56. The van der Waals surface area contributed by atoms with Crippen LogP contribution in [0.25, 0.3) is 0 Å². The first-order chi connectivity index (χ1) is 13.7. The number of benzene rings is 2. The highest BCUT2D eigenvalue weighted by molar-refractivity contribution is 14.0. The Bertz CT molecular complexity index is 785. The average molecular weight is 512 g/mol. The first-order valence-electron chi connectivity index (χ1n) is 9.25. The lowest BCUT2D eigenvalue weighted by Gasteiger charge is -2.14. The van der Waals surface area contributed by atoms with Gasteiger partial charge >= 0.3 is 0 Å². The Kier molecular flexibility index (Phi) is 11.6. The maximum absolute atomic E-state index is 12.0. The number of rotatable bonds is 9. The molecule has 0 fully saturated rings. The standard InChI is InChI=1S/C21H28N4O3.HI/c1-4-28-19-14-17(10-11-18(19)27-3)25-21(22-2)24-15-20(26)23-13-12-16-8-6-5-7-9-16;/h5-11,14H,4,12-13,15H2,1-3H3,(H,23,26)(H2,22,24,25);1H. The molecule has 0 heterocycles. The Morgan fingerprint density at radius 1 is 1.07 bits per heavy atom. The number of guanidine groups is 1. The fraction of sp³-hybridized carbons (Fsp3) is 0.333. The number of anilines is 1. The smallest absolute Gasteiger partial charge is 0.239 e. The second-order valence-corrected chi connectivity index (χ2v) is 5.93. The Labute approximate surface area is 189 Å². The molecule has 0 aliphatic rings. The minimum atomic E-state index is -0.0939. The van der Waals surface area contributed by atoms with Crippen molar-refractivity contribution in [1.29, 1.82) is 0 Å². The highest BCUT2D eigenvalue weighted by Crippen LogP contribution is 2.30. The van der Waals surface area contributed by atoms with Gasteiger partial charge in [0.05, 0.1) is 20.3 Å². The summed E-state index contributed by atoms with van der Waals surface area (Å²) in [6, 6.07) is 15.5. The molecule has 0 spiro atoms. The lowest BCUT2D eigenvalue weighted by atomic mass is 10.1. The van der Waals surface area contributed by atoms with Crippen molar-refractivity contribution in [2.24, 2.45) is 4.99 Å². The summed E-state index contributed by atoms with van der Waals surface area (Å²) >= 11 is 0. The topological polar surface area (TPSA) is 84.0 Å². The number of carbonyl (C=O) groups excluding carboxylic acids is 1. The normalized spacial score (nSPS) is 10.5. The van der Waals surface area contributed by atoms with Gasteiger partial charge in [-0.3, -0.25) is 9.79 Å². The molecule has 2 aromatic rings. The molecule has 0 aliphatic carbocycles. The van der Waals surface area contributed by atoms with E-state index in [1.165, 1.54) is 5.56 Å². The van der Waals surface area contributed by atoms with Crippen LogP contribution in [0.1, 0.15) is 12.5 Å². The summed E-state index contributed by atoms with van der Waals surface area (Å²) in [5.41, 5.74) is 1.97. The van der Waals surface area contributed by atoms with E-state index in [1.807, 2.05) is 55.5 Å². The second kappa shape index (κ2) is 13.6. The van der Waals surface area contributed by atoms with E-state index in [-0.39, 0.29) is 36.4 Å². The molecule has 3 N–H and O–H groups in total. The van der Waals surface area contributed by atoms with Crippen LogP contribution in [0, 0.1) is 0 Å². The number of methoxy groups -OCH3 is 1. The Hall–Kier alpha value is -2.49. The third-order valence-electron chi connectivity index (χ3n) is 3.94. The third kappa shape index (κ3) is 8.59. The number of halogens is 1. The van der Waals surface area contributed by atoms with Crippen molar-refractivity contribution in [2.75, 3.05) is 39.2 Å². The largest absolute Gasteiger partial charge is 0.493 e. The summed E-state index contributed by atoms with van der Waals surface area (Å²) in [5.74, 6) is 1.70. The zero-order chi connectivity index (χ0) is 20.2. The molecule has 7 nitrogen and oxygen atoms in total. The monoisotopic (exact) mass is 512 g/mol. The molecule has 0 saturated carbocycles. The average Bonchev–Trinajstić information content (AvgIpc) is 2.72. The Morgan fingerprint density at radius 3 is 2.48 bits per heavy atom. The second-order valence-electron chi connectivity index (χ2n) is 5.93. The van der Waals surface area contributed by atoms with Gasteiger partial charge in [-0.1, -0.05) is 30.3 Å². The number of amides is 1. The summed E-state index contributed by atoms with van der Waals surface area (Å²) in [7, 11) is 3.25. The van der Waals surface area contributed by atoms with Crippen LogP contribution in [0.2, 0.25) is 0 Å². The van der Waals surface area contributed by atoms with Crippen LogP contribution in [0.3, 0.4) is 0 Å². The molecular formula is C21H29IN4O3. The summed E-state index contributed by atoms with van der Waals surface area (Å²) in [6.45, 7) is 3.17. The number of hydrogen-bond donors (Lipinski definition) is 3. The van der Waals surface area contributed by atoms with Crippen LogP contribution in [0.15, 0.2) is 53.5 Å². The first-order valence-corrected chi connectivity index (χ1v) is 9.25. The van der Waals surface area contributed by atoms with Gasteiger partial charge in [0.2, 0.25) is 5.91 Å². The molecule has 0 aromatic heterocycles. The molecular weight excluding hydrogens is 483 g/mol. The molecule has 0 atom stereocenters. The van der Waals surface area contributed by atoms with E-state index in [2.05, 4.69) is 20.9 Å². The maximum atomic E-state index is 12.0. The number of nitrogens with one attached hydrogen (secondary N) is 3. The molecule has 0 unspecified atom stereocenters. The molecule has 29 heavy (non-hydrogen) atoms. The van der Waals surface area contributed by atoms with Crippen LogP contribution < -0.4 is 25.4 Å². The van der Waals surface area contributed by atoms with Crippen molar-refractivity contribution in [3.05, 3.63) is 54.1 Å². The van der Waals surface area contributed by atoms with E-state index in [0.29, 0.717) is 30.6 Å². The zero-order valence-corrected chi connectivity index (χ0v) is 19.4. The van der Waals surface area contributed by atoms with Crippen LogP contribution in [-0.4, -0.2) is 45.7 Å². The van der Waals surface area contributed by atoms with Gasteiger partial charge in [-0.15, -0.1) is 24.0 Å². The molecule has 0 bridgehead atoms. The van der Waals surface area contributed by atoms with Crippen LogP contribution >= 0.6 is 24.0 Å². The molecule has 158 valence electrons. The van der Waals surface area contributed by atoms with E-state index < -0.39 is 0 Å². The van der Waals surface area contributed by atoms with Crippen LogP contribution in [-0.2, 0) is 11.2 Å². The summed E-state index contributed by atoms with van der Waals surface area (Å²) in [5, 5.41) is 9.04. The highest BCUT2D eigenvalue weighted by atomic mass is 127. The lowest BCUT2D eigenvalue weighted by molar-refractivity contribution is -0.119. The predicted octanol–water partition coefficient (Wildman–Crippen LogP) is 3.06. The molecule has 0 aliphatic heterocycles. The summed E-state index contributed by atoms with van der Waals surface area (Å²) in [4.78, 5) is 16.2. The van der Waals surface area contributed by atoms with Crippen molar-refractivity contribution in [3.8, 4) is 11.5 Å². The molecule has 2 rings (SSSR count). The highest BCUT2D eigenvalue weighted by Gasteiger charge is 2.08. The SMILES string of the molecule is CCOc1cc(NC(=NC)NCC(=O)NCCc2ccccc2)ccc1OC.I. The van der Waals surface area contributed by atoms with E-state index in [4.69, 9.17) is 9.47 Å². The Morgan fingerprint density at radius 2 is 1.83 bits per heavy atom. The quantitative estimate of drug-likeness (QED) is 0.273. The van der Waals surface area contributed by atoms with E-state index in [9.17, 15) is 4.79 Å². The molecule has 1 amide bonds. The number of carbonyl (C=O) groups is 1. The van der Waals surface area contributed by atoms with Gasteiger partial charge in [-0.05, 0) is 31.0 Å². The number of hydrogen-bond acceptors (Lipinski definition) is 4. The van der Waals surface area contributed by atoms with Crippen molar-refractivity contribution in [1.82, 2.24) is 10.6 Å². The van der Waals surface area contributed by atoms with E-state index in [1.54, 1.807) is 14.2 Å². The van der Waals surface area contributed by atoms with E-state index in [0.717, 1.165) is 12.1 Å². The minimum absolute atomic E-state index is 0.